The van der Waals surface area contributed by atoms with Crippen molar-refractivity contribution in [2.24, 2.45) is 0 Å². The zero-order valence-corrected chi connectivity index (χ0v) is 4.27. The Balaban J connectivity index is 0. The molecular formula is C2H2MnO4. The molecule has 7 heavy (non-hydrogen) atoms. The topological polar surface area (TPSA) is 74.6 Å². The second kappa shape index (κ2) is 3.64. The van der Waals surface area contributed by atoms with Crippen LogP contribution in [0.15, 0.2) is 0 Å². The monoisotopic (exact) mass is 145 g/mol. The van der Waals surface area contributed by atoms with Gasteiger partial charge in [0.05, 0.1) is 0 Å². The van der Waals surface area contributed by atoms with Crippen molar-refractivity contribution < 1.29 is 36.9 Å². The molecule has 0 atom stereocenters. The van der Waals surface area contributed by atoms with E-state index in [4.69, 9.17) is 19.8 Å². The van der Waals surface area contributed by atoms with E-state index in [-0.39, 0.29) is 17.1 Å². The van der Waals surface area contributed by atoms with Gasteiger partial charge in [-0.2, -0.15) is 0 Å². The molecule has 0 unspecified atom stereocenters. The number of aliphatic carboxylic acids is 2. The van der Waals surface area contributed by atoms with Crippen LogP contribution >= 0.6 is 0 Å². The van der Waals surface area contributed by atoms with E-state index in [1.165, 1.54) is 0 Å². The van der Waals surface area contributed by atoms with E-state index < -0.39 is 11.9 Å². The van der Waals surface area contributed by atoms with Crippen LogP contribution in [-0.2, 0) is 26.7 Å². The third-order valence-corrected chi connectivity index (χ3v) is 0.183. The molecule has 0 aliphatic heterocycles. The van der Waals surface area contributed by atoms with Gasteiger partial charge >= 0.3 is 11.9 Å². The van der Waals surface area contributed by atoms with Crippen molar-refractivity contribution in [3.05, 3.63) is 0 Å². The predicted octanol–water partition coefficient (Wildman–Crippen LogP) is -0.847. The second-order valence-corrected chi connectivity index (χ2v) is 0.610. The summed E-state index contributed by atoms with van der Waals surface area (Å²) < 4.78 is 0. The van der Waals surface area contributed by atoms with E-state index in [1.807, 2.05) is 0 Å². The summed E-state index contributed by atoms with van der Waals surface area (Å²) in [5.74, 6) is -3.65. The van der Waals surface area contributed by atoms with E-state index in [0.717, 1.165) is 0 Å². The number of carbonyl (C=O) groups is 2. The molecule has 5 heteroatoms. The molecular weight excluding hydrogens is 143 g/mol. The number of carboxylic acid groups (broad SMARTS) is 2. The van der Waals surface area contributed by atoms with E-state index in [1.54, 1.807) is 0 Å². The molecule has 0 saturated carbocycles. The van der Waals surface area contributed by atoms with Crippen LogP contribution in [0.5, 0.6) is 0 Å². The molecule has 0 aliphatic rings. The van der Waals surface area contributed by atoms with Crippen molar-refractivity contribution >= 4 is 11.9 Å². The maximum absolute atomic E-state index is 9.10. The van der Waals surface area contributed by atoms with E-state index in [9.17, 15) is 0 Å². The van der Waals surface area contributed by atoms with Gasteiger partial charge in [0.1, 0.15) is 0 Å². The van der Waals surface area contributed by atoms with Crippen molar-refractivity contribution in [1.29, 1.82) is 0 Å². The Morgan fingerprint density at radius 3 is 1.14 bits per heavy atom. The molecule has 0 amide bonds. The fourth-order valence-corrected chi connectivity index (χ4v) is 0. The largest absolute Gasteiger partial charge is 0.473 e. The molecule has 0 aromatic carbocycles. The fourth-order valence-electron chi connectivity index (χ4n) is 0. The van der Waals surface area contributed by atoms with Crippen molar-refractivity contribution in [2.45, 2.75) is 0 Å². The Bertz CT molecular complexity index is 75.7. The summed E-state index contributed by atoms with van der Waals surface area (Å²) in [6, 6.07) is 0. The first-order chi connectivity index (χ1) is 2.64. The minimum Gasteiger partial charge on any atom is -0.473 e. The van der Waals surface area contributed by atoms with Crippen LogP contribution in [0.1, 0.15) is 0 Å². The normalized spacial score (nSPS) is 6.29. The first-order valence-corrected chi connectivity index (χ1v) is 1.11. The van der Waals surface area contributed by atoms with Gasteiger partial charge in [0, 0.05) is 17.1 Å². The molecule has 0 aromatic rings. The third kappa shape index (κ3) is 5.46. The minimum absolute atomic E-state index is 0. The molecule has 0 fully saturated rings. The van der Waals surface area contributed by atoms with Gasteiger partial charge in [0.2, 0.25) is 0 Å². The third-order valence-electron chi connectivity index (χ3n) is 0.183. The van der Waals surface area contributed by atoms with Crippen LogP contribution < -0.4 is 0 Å². The summed E-state index contributed by atoms with van der Waals surface area (Å²) >= 11 is 0. The summed E-state index contributed by atoms with van der Waals surface area (Å²) in [7, 11) is 0. The van der Waals surface area contributed by atoms with Crippen molar-refractivity contribution in [1.82, 2.24) is 0 Å². The van der Waals surface area contributed by atoms with Crippen molar-refractivity contribution in [3.8, 4) is 0 Å². The molecule has 0 bridgehead atoms. The smallest absolute Gasteiger partial charge is 0.414 e. The molecule has 41 valence electrons. The number of carboxylic acids is 2. The van der Waals surface area contributed by atoms with Gasteiger partial charge in [-0.05, 0) is 0 Å². The summed E-state index contributed by atoms with van der Waals surface area (Å²) in [6.45, 7) is 0. The number of rotatable bonds is 0. The second-order valence-electron chi connectivity index (χ2n) is 0.610. The van der Waals surface area contributed by atoms with Crippen LogP contribution in [0, 0.1) is 0 Å². The van der Waals surface area contributed by atoms with E-state index in [2.05, 4.69) is 0 Å². The molecule has 4 nitrogen and oxygen atoms in total. The van der Waals surface area contributed by atoms with Crippen LogP contribution in [0.4, 0.5) is 0 Å². The Kier molecular flexibility index (Phi) is 5.04. The first-order valence-electron chi connectivity index (χ1n) is 1.11. The van der Waals surface area contributed by atoms with Crippen LogP contribution in [0.25, 0.3) is 0 Å². The van der Waals surface area contributed by atoms with Crippen LogP contribution in [-0.4, -0.2) is 22.2 Å². The Morgan fingerprint density at radius 2 is 1.14 bits per heavy atom. The van der Waals surface area contributed by atoms with Gasteiger partial charge in [0.25, 0.3) is 0 Å². The molecule has 0 rings (SSSR count). The van der Waals surface area contributed by atoms with Gasteiger partial charge < -0.3 is 10.2 Å². The summed E-state index contributed by atoms with van der Waals surface area (Å²) in [5.41, 5.74) is 0. The van der Waals surface area contributed by atoms with Gasteiger partial charge in [-0.3, -0.25) is 0 Å². The Labute approximate surface area is 49.6 Å². The summed E-state index contributed by atoms with van der Waals surface area (Å²) in [6.07, 6.45) is 0. The molecule has 0 aromatic heterocycles. The Hall–Kier alpha value is -0.541. The fraction of sp³-hybridized carbons (Fsp3) is 0. The standard InChI is InChI=1S/C2H2O4.Mn/c3-1(4)2(5)6;/h(H,3,4)(H,5,6);. The molecule has 0 saturated heterocycles. The predicted molar refractivity (Wildman–Crippen MR) is 15.3 cm³/mol. The van der Waals surface area contributed by atoms with Gasteiger partial charge in [-0.25, -0.2) is 9.59 Å². The number of hydrogen-bond donors (Lipinski definition) is 2. The molecule has 1 radical (unpaired) electrons. The Morgan fingerprint density at radius 1 is 1.00 bits per heavy atom. The SMILES string of the molecule is O=C(O)C(=O)O.[Mn]. The van der Waals surface area contributed by atoms with E-state index in [0.29, 0.717) is 0 Å². The van der Waals surface area contributed by atoms with Crippen LogP contribution in [0.2, 0.25) is 0 Å². The first kappa shape index (κ1) is 9.68. The van der Waals surface area contributed by atoms with E-state index >= 15 is 0 Å². The molecule has 0 spiro atoms. The van der Waals surface area contributed by atoms with Gasteiger partial charge in [0.15, 0.2) is 0 Å². The maximum atomic E-state index is 9.10. The average molecular weight is 145 g/mol. The molecule has 0 aliphatic carbocycles. The van der Waals surface area contributed by atoms with Crippen molar-refractivity contribution in [2.75, 3.05) is 0 Å². The minimum atomic E-state index is -1.82. The quantitative estimate of drug-likeness (QED) is 0.344. The van der Waals surface area contributed by atoms with Gasteiger partial charge in [-0.1, -0.05) is 0 Å². The van der Waals surface area contributed by atoms with Crippen LogP contribution in [0.3, 0.4) is 0 Å². The summed E-state index contributed by atoms with van der Waals surface area (Å²) in [5, 5.41) is 14.8. The zero-order valence-electron chi connectivity index (χ0n) is 3.09. The average Bonchev–Trinajstić information content (AvgIpc) is 1.36. The van der Waals surface area contributed by atoms with Gasteiger partial charge in [-0.15, -0.1) is 0 Å². The van der Waals surface area contributed by atoms with Crippen molar-refractivity contribution in [3.63, 3.8) is 0 Å². The summed E-state index contributed by atoms with van der Waals surface area (Å²) in [4.78, 5) is 18.2. The maximum Gasteiger partial charge on any atom is 0.414 e. The number of hydrogen-bond acceptors (Lipinski definition) is 2. The molecule has 0 heterocycles. The zero-order chi connectivity index (χ0) is 5.15. The molecule has 2 N–H and O–H groups in total.